The highest BCUT2D eigenvalue weighted by atomic mass is 32.2. The molecule has 2 atom stereocenters. The maximum Gasteiger partial charge on any atom is 0.227 e. The lowest BCUT2D eigenvalue weighted by Gasteiger charge is -2.41. The smallest absolute Gasteiger partial charge is 0.227 e. The molecule has 0 bridgehead atoms. The summed E-state index contributed by atoms with van der Waals surface area (Å²) in [5.74, 6) is -0.116. The van der Waals surface area contributed by atoms with Gasteiger partial charge in [0.05, 0.1) is 17.4 Å². The van der Waals surface area contributed by atoms with Crippen molar-refractivity contribution in [2.45, 2.75) is 25.9 Å². The number of hydrogen-bond acceptors (Lipinski definition) is 4. The Hall–Kier alpha value is -1.40. The second-order valence-corrected chi connectivity index (χ2v) is 8.93. The lowest BCUT2D eigenvalue weighted by atomic mass is 10.0. The lowest BCUT2D eigenvalue weighted by Crippen LogP contribution is -2.55. The van der Waals surface area contributed by atoms with Crippen LogP contribution in [0.15, 0.2) is 30.3 Å². The summed E-state index contributed by atoms with van der Waals surface area (Å²) in [5.41, 5.74) is 1.28. The van der Waals surface area contributed by atoms with E-state index < -0.39 is 9.84 Å². The predicted octanol–water partition coefficient (Wildman–Crippen LogP) is 1.15. The second kappa shape index (κ2) is 6.61. The van der Waals surface area contributed by atoms with Crippen LogP contribution in [-0.2, 0) is 21.2 Å². The van der Waals surface area contributed by atoms with Crippen LogP contribution in [0.25, 0.3) is 0 Å². The molecule has 23 heavy (non-hydrogen) atoms. The lowest BCUT2D eigenvalue weighted by molar-refractivity contribution is -0.139. The van der Waals surface area contributed by atoms with Crippen molar-refractivity contribution in [3.05, 3.63) is 35.9 Å². The first kappa shape index (κ1) is 16.5. The minimum atomic E-state index is -3.01. The van der Waals surface area contributed by atoms with E-state index in [1.807, 2.05) is 23.1 Å². The minimum absolute atomic E-state index is 0.0259. The van der Waals surface area contributed by atoms with E-state index in [0.717, 1.165) is 19.6 Å². The molecule has 0 aliphatic carbocycles. The Bertz CT molecular complexity index is 660. The molecule has 1 aromatic carbocycles. The molecule has 2 aliphatic heterocycles. The van der Waals surface area contributed by atoms with Gasteiger partial charge in [-0.1, -0.05) is 30.3 Å². The second-order valence-electron chi connectivity index (χ2n) is 6.70. The van der Waals surface area contributed by atoms with Gasteiger partial charge in [0.25, 0.3) is 0 Å². The summed E-state index contributed by atoms with van der Waals surface area (Å²) in [6.07, 6.45) is 0.484. The van der Waals surface area contributed by atoms with Gasteiger partial charge in [-0.15, -0.1) is 0 Å². The van der Waals surface area contributed by atoms with Crippen LogP contribution >= 0.6 is 0 Å². The number of nitrogens with zero attached hydrogens (tertiary/aromatic N) is 2. The molecular weight excluding hydrogens is 312 g/mol. The summed E-state index contributed by atoms with van der Waals surface area (Å²) < 4.78 is 23.2. The van der Waals surface area contributed by atoms with E-state index in [2.05, 4.69) is 24.0 Å². The van der Waals surface area contributed by atoms with Crippen molar-refractivity contribution >= 4 is 15.7 Å². The molecule has 2 unspecified atom stereocenters. The molecule has 6 heteroatoms. The first-order valence-electron chi connectivity index (χ1n) is 8.22. The third-order valence-electron chi connectivity index (χ3n) is 4.83. The molecule has 0 aromatic heterocycles. The van der Waals surface area contributed by atoms with Gasteiger partial charge >= 0.3 is 0 Å². The van der Waals surface area contributed by atoms with Gasteiger partial charge in [-0.05, 0) is 18.9 Å². The zero-order chi connectivity index (χ0) is 16.4. The number of sulfone groups is 1. The molecule has 0 radical (unpaired) electrons. The Morgan fingerprint density at radius 3 is 2.57 bits per heavy atom. The van der Waals surface area contributed by atoms with E-state index in [1.165, 1.54) is 5.56 Å². The molecule has 0 N–H and O–H groups in total. The Morgan fingerprint density at radius 2 is 1.96 bits per heavy atom. The van der Waals surface area contributed by atoms with Crippen molar-refractivity contribution in [2.75, 3.05) is 31.1 Å². The summed E-state index contributed by atoms with van der Waals surface area (Å²) in [6, 6.07) is 10.5. The summed E-state index contributed by atoms with van der Waals surface area (Å²) in [6.45, 7) is 5.30. The van der Waals surface area contributed by atoms with E-state index in [0.29, 0.717) is 13.0 Å². The fraction of sp³-hybridized carbons (Fsp3) is 0.588. The van der Waals surface area contributed by atoms with Gasteiger partial charge in [0.2, 0.25) is 5.91 Å². The monoisotopic (exact) mass is 336 g/mol. The highest BCUT2D eigenvalue weighted by Gasteiger charge is 2.38. The number of carbonyl (C=O) groups is 1. The predicted molar refractivity (Wildman–Crippen MR) is 89.7 cm³/mol. The third-order valence-corrected chi connectivity index (χ3v) is 6.59. The zero-order valence-corrected chi connectivity index (χ0v) is 14.3. The molecule has 3 rings (SSSR count). The topological polar surface area (TPSA) is 57.7 Å². The van der Waals surface area contributed by atoms with Crippen molar-refractivity contribution in [3.8, 4) is 0 Å². The van der Waals surface area contributed by atoms with Crippen molar-refractivity contribution < 1.29 is 13.2 Å². The number of carbonyl (C=O) groups excluding carboxylic acids is 1. The SMILES string of the molecule is CC1CN(Cc2ccccc2)CCN1C(=O)C1CCS(=O)(=O)C1. The summed E-state index contributed by atoms with van der Waals surface area (Å²) >= 11 is 0. The highest BCUT2D eigenvalue weighted by molar-refractivity contribution is 7.91. The van der Waals surface area contributed by atoms with Gasteiger partial charge in [-0.2, -0.15) is 0 Å². The first-order valence-corrected chi connectivity index (χ1v) is 10.0. The Balaban J connectivity index is 1.57. The average molecular weight is 336 g/mol. The first-order chi connectivity index (χ1) is 10.9. The van der Waals surface area contributed by atoms with E-state index in [4.69, 9.17) is 0 Å². The van der Waals surface area contributed by atoms with Crippen LogP contribution in [0, 0.1) is 5.92 Å². The number of hydrogen-bond donors (Lipinski definition) is 0. The van der Waals surface area contributed by atoms with Gasteiger partial charge < -0.3 is 4.90 Å². The van der Waals surface area contributed by atoms with Crippen LogP contribution < -0.4 is 0 Å². The van der Waals surface area contributed by atoms with Crippen LogP contribution in [-0.4, -0.2) is 61.3 Å². The Kier molecular flexibility index (Phi) is 4.73. The maximum atomic E-state index is 12.6. The van der Waals surface area contributed by atoms with Crippen LogP contribution in [0.3, 0.4) is 0 Å². The van der Waals surface area contributed by atoms with Crippen LogP contribution in [0.4, 0.5) is 0 Å². The Labute approximate surface area is 138 Å². The summed E-state index contributed by atoms with van der Waals surface area (Å²) in [4.78, 5) is 16.8. The summed E-state index contributed by atoms with van der Waals surface area (Å²) in [5, 5.41) is 0. The van der Waals surface area contributed by atoms with E-state index in [9.17, 15) is 13.2 Å². The molecule has 0 saturated carbocycles. The van der Waals surface area contributed by atoms with Crippen molar-refractivity contribution in [1.29, 1.82) is 0 Å². The fourth-order valence-electron chi connectivity index (χ4n) is 3.57. The van der Waals surface area contributed by atoms with Crippen molar-refractivity contribution in [1.82, 2.24) is 9.80 Å². The molecule has 0 spiro atoms. The number of rotatable bonds is 3. The molecule has 2 heterocycles. The van der Waals surface area contributed by atoms with Gasteiger partial charge in [-0.25, -0.2) is 8.42 Å². The minimum Gasteiger partial charge on any atom is -0.337 e. The van der Waals surface area contributed by atoms with Gasteiger partial charge in [0.1, 0.15) is 0 Å². The van der Waals surface area contributed by atoms with Crippen molar-refractivity contribution in [3.63, 3.8) is 0 Å². The highest BCUT2D eigenvalue weighted by Crippen LogP contribution is 2.23. The van der Waals surface area contributed by atoms with Crippen LogP contribution in [0.2, 0.25) is 0 Å². The molecule has 126 valence electrons. The third kappa shape index (κ3) is 3.93. The van der Waals surface area contributed by atoms with Crippen molar-refractivity contribution in [2.24, 2.45) is 5.92 Å². The van der Waals surface area contributed by atoms with Gasteiger partial charge in [0.15, 0.2) is 9.84 Å². The maximum absolute atomic E-state index is 12.6. The van der Waals surface area contributed by atoms with E-state index >= 15 is 0 Å². The average Bonchev–Trinajstić information content (AvgIpc) is 2.88. The molecule has 2 saturated heterocycles. The molecule has 2 fully saturated rings. The quantitative estimate of drug-likeness (QED) is 0.831. The summed E-state index contributed by atoms with van der Waals surface area (Å²) in [7, 11) is -3.01. The zero-order valence-electron chi connectivity index (χ0n) is 13.5. The Morgan fingerprint density at radius 1 is 1.22 bits per heavy atom. The molecule has 1 aromatic rings. The normalized spacial score (nSPS) is 28.0. The standard InChI is InChI=1S/C17H24N2O3S/c1-14-11-18(12-15-5-3-2-4-6-15)8-9-19(14)17(20)16-7-10-23(21,22)13-16/h2-6,14,16H,7-13H2,1H3. The van der Waals surface area contributed by atoms with Crippen LogP contribution in [0.1, 0.15) is 18.9 Å². The number of benzene rings is 1. The largest absolute Gasteiger partial charge is 0.337 e. The molecule has 1 amide bonds. The van der Waals surface area contributed by atoms with Gasteiger partial charge in [0, 0.05) is 32.2 Å². The molecule has 5 nitrogen and oxygen atoms in total. The number of piperazine rings is 1. The van der Waals surface area contributed by atoms with E-state index in [1.54, 1.807) is 0 Å². The van der Waals surface area contributed by atoms with Gasteiger partial charge in [-0.3, -0.25) is 9.69 Å². The molecular formula is C17H24N2O3S. The van der Waals surface area contributed by atoms with Crippen LogP contribution in [0.5, 0.6) is 0 Å². The molecule has 2 aliphatic rings. The number of amides is 1. The van der Waals surface area contributed by atoms with E-state index in [-0.39, 0.29) is 29.4 Å². The fourth-order valence-corrected chi connectivity index (χ4v) is 5.30.